The van der Waals surface area contributed by atoms with Crippen LogP contribution < -0.4 is 0 Å². The quantitative estimate of drug-likeness (QED) is 0.0237. The molecule has 0 aromatic carbocycles. The summed E-state index contributed by atoms with van der Waals surface area (Å²) in [6.45, 7) is 3.24. The van der Waals surface area contributed by atoms with Crippen molar-refractivity contribution in [3.05, 3.63) is 97.2 Å². The third kappa shape index (κ3) is 44.9. The van der Waals surface area contributed by atoms with Gasteiger partial charge in [-0.15, -0.1) is 0 Å². The van der Waals surface area contributed by atoms with E-state index < -0.39 is 45.8 Å². The Morgan fingerprint density at radius 3 is 1.43 bits per heavy atom. The molecule has 0 aromatic heterocycles. The Morgan fingerprint density at radius 2 is 0.950 bits per heavy atom. The van der Waals surface area contributed by atoms with E-state index in [0.717, 1.165) is 103 Å². The largest absolute Gasteiger partial charge is 0.472 e. The zero-order valence-corrected chi connectivity index (χ0v) is 38.5. The number of esters is 1. The van der Waals surface area contributed by atoms with Crippen molar-refractivity contribution in [3.8, 4) is 0 Å². The number of ether oxygens (including phenoxy) is 2. The molecule has 0 saturated carbocycles. The van der Waals surface area contributed by atoms with Gasteiger partial charge >= 0.3 is 13.8 Å². The van der Waals surface area contributed by atoms with E-state index >= 15 is 0 Å². The molecule has 60 heavy (non-hydrogen) atoms. The second-order valence-electron chi connectivity index (χ2n) is 15.0. The fourth-order valence-electron chi connectivity index (χ4n) is 5.74. The maximum absolute atomic E-state index is 12.6. The highest BCUT2D eigenvalue weighted by molar-refractivity contribution is 7.47. The van der Waals surface area contributed by atoms with Gasteiger partial charge in [0, 0.05) is 13.0 Å². The van der Waals surface area contributed by atoms with E-state index in [1.54, 1.807) is 0 Å². The van der Waals surface area contributed by atoms with Gasteiger partial charge in [0.15, 0.2) is 0 Å². The lowest BCUT2D eigenvalue weighted by molar-refractivity contribution is -0.154. The summed E-state index contributed by atoms with van der Waals surface area (Å²) in [7, 11) is -4.54. The lowest BCUT2D eigenvalue weighted by atomic mass is 10.1. The summed E-state index contributed by atoms with van der Waals surface area (Å²) >= 11 is 0. The monoisotopic (exact) mass is 861 g/mol. The normalized spacial score (nSPS) is 14.8. The minimum absolute atomic E-state index is 0.00800. The number of carbonyl (C=O) groups is 1. The van der Waals surface area contributed by atoms with E-state index in [2.05, 4.69) is 111 Å². The molecule has 0 amide bonds. The summed E-state index contributed by atoms with van der Waals surface area (Å²) in [6.07, 6.45) is 58.0. The Morgan fingerprint density at radius 1 is 0.533 bits per heavy atom. The Labute approximate surface area is 366 Å². The van der Waals surface area contributed by atoms with Crippen LogP contribution >= 0.6 is 7.82 Å². The van der Waals surface area contributed by atoms with Crippen molar-refractivity contribution in [2.45, 2.75) is 180 Å². The fourth-order valence-corrected chi connectivity index (χ4v) is 6.53. The summed E-state index contributed by atoms with van der Waals surface area (Å²) in [5, 5.41) is 18.4. The predicted octanol–water partition coefficient (Wildman–Crippen LogP) is 13.3. The molecule has 10 heteroatoms. The molecular formula is C50H85O9P. The van der Waals surface area contributed by atoms with Crippen molar-refractivity contribution < 1.29 is 43.0 Å². The summed E-state index contributed by atoms with van der Waals surface area (Å²) in [4.78, 5) is 22.6. The molecule has 0 radical (unpaired) electrons. The second kappa shape index (κ2) is 45.9. The van der Waals surface area contributed by atoms with Crippen molar-refractivity contribution in [1.29, 1.82) is 0 Å². The fraction of sp³-hybridized carbons (Fsp3) is 0.660. The SMILES string of the molecule is CC/C=C\C/C=C\C/C=C\C/C=C\C/C=C\CCCCOCC(COP(=O)(O)OCC(O)CO)OC(=O)CCCCCCCC/C=C\C/C=C\C/C=C\CCCCCCC. The molecule has 3 atom stereocenters. The van der Waals surface area contributed by atoms with E-state index in [-0.39, 0.29) is 13.0 Å². The van der Waals surface area contributed by atoms with Crippen LogP contribution in [0.5, 0.6) is 0 Å². The first kappa shape index (κ1) is 57.4. The van der Waals surface area contributed by atoms with Crippen LogP contribution in [0, 0.1) is 0 Å². The molecule has 3 unspecified atom stereocenters. The third-order valence-electron chi connectivity index (χ3n) is 9.25. The highest BCUT2D eigenvalue weighted by Gasteiger charge is 2.26. The van der Waals surface area contributed by atoms with Crippen LogP contribution in [0.4, 0.5) is 0 Å². The third-order valence-corrected chi connectivity index (χ3v) is 10.2. The standard InChI is InChI=1S/C50H85O9P/c1-3-5-7-9-11-13-15-17-19-21-23-24-25-26-28-30-32-34-36-38-40-42-50(53)59-49(47-58-60(54,55)57-45-48(52)44-51)46-56-43-41-39-37-35-33-31-29-27-22-20-18-16-14-12-10-8-6-4-2/h6,8,12,14-15,17-18,20-21,23,25-27,29,33,35,48-49,51-52H,3-5,7,9-11,13,16,19,22,24,28,30-32,34,36-47H2,1-2H3,(H,54,55)/b8-6-,14-12-,17-15-,20-18-,23-21-,26-25-,29-27-,35-33-. The van der Waals surface area contributed by atoms with Gasteiger partial charge in [0.1, 0.15) is 12.2 Å². The smallest absolute Gasteiger partial charge is 0.457 e. The molecule has 344 valence electrons. The molecule has 0 aliphatic carbocycles. The minimum atomic E-state index is -4.54. The Bertz CT molecular complexity index is 1250. The van der Waals surface area contributed by atoms with Crippen LogP contribution in [0.1, 0.15) is 168 Å². The molecule has 0 aliphatic rings. The number of phosphoric acid groups is 1. The van der Waals surface area contributed by atoms with E-state index in [1.807, 2.05) is 0 Å². The van der Waals surface area contributed by atoms with Gasteiger partial charge in [0.25, 0.3) is 0 Å². The number of phosphoric ester groups is 1. The van der Waals surface area contributed by atoms with Crippen molar-refractivity contribution in [1.82, 2.24) is 0 Å². The minimum Gasteiger partial charge on any atom is -0.457 e. The van der Waals surface area contributed by atoms with Gasteiger partial charge in [0.2, 0.25) is 0 Å². The van der Waals surface area contributed by atoms with Crippen molar-refractivity contribution in [2.75, 3.05) is 33.0 Å². The molecule has 0 rings (SSSR count). The number of allylic oxidation sites excluding steroid dienone is 16. The molecule has 0 fully saturated rings. The van der Waals surface area contributed by atoms with Gasteiger partial charge in [0.05, 0.1) is 26.4 Å². The molecule has 0 aliphatic heterocycles. The second-order valence-corrected chi connectivity index (χ2v) is 16.5. The van der Waals surface area contributed by atoms with Crippen LogP contribution in [0.2, 0.25) is 0 Å². The summed E-state index contributed by atoms with van der Waals surface area (Å²) in [6, 6.07) is 0. The van der Waals surface area contributed by atoms with Gasteiger partial charge < -0.3 is 24.6 Å². The number of rotatable bonds is 43. The molecule has 0 saturated heterocycles. The van der Waals surface area contributed by atoms with Gasteiger partial charge in [-0.05, 0) is 96.3 Å². The molecule has 0 aromatic rings. The van der Waals surface area contributed by atoms with Crippen molar-refractivity contribution in [2.24, 2.45) is 0 Å². The van der Waals surface area contributed by atoms with E-state index in [9.17, 15) is 19.4 Å². The Kier molecular flexibility index (Phi) is 43.9. The molecular weight excluding hydrogens is 776 g/mol. The maximum atomic E-state index is 12.6. The van der Waals surface area contributed by atoms with Crippen molar-refractivity contribution in [3.63, 3.8) is 0 Å². The van der Waals surface area contributed by atoms with Crippen molar-refractivity contribution >= 4 is 13.8 Å². The summed E-state index contributed by atoms with van der Waals surface area (Å²) in [5.41, 5.74) is 0. The molecule has 9 nitrogen and oxygen atoms in total. The summed E-state index contributed by atoms with van der Waals surface area (Å²) < 4.78 is 33.4. The van der Waals surface area contributed by atoms with Crippen LogP contribution in [-0.2, 0) is 27.9 Å². The first-order valence-electron chi connectivity index (χ1n) is 23.2. The van der Waals surface area contributed by atoms with Gasteiger partial charge in [-0.2, -0.15) is 0 Å². The van der Waals surface area contributed by atoms with Gasteiger partial charge in [-0.25, -0.2) is 4.57 Å². The molecule has 0 spiro atoms. The zero-order valence-electron chi connectivity index (χ0n) is 37.6. The van der Waals surface area contributed by atoms with Crippen LogP contribution in [0.3, 0.4) is 0 Å². The first-order valence-corrected chi connectivity index (χ1v) is 24.7. The first-order chi connectivity index (χ1) is 29.3. The van der Waals surface area contributed by atoms with Crippen LogP contribution in [0.15, 0.2) is 97.2 Å². The van der Waals surface area contributed by atoms with E-state index in [0.29, 0.717) is 13.0 Å². The highest BCUT2D eigenvalue weighted by Crippen LogP contribution is 2.43. The molecule has 0 bridgehead atoms. The average molecular weight is 861 g/mol. The average Bonchev–Trinajstić information content (AvgIpc) is 3.24. The molecule has 3 N–H and O–H groups in total. The lowest BCUT2D eigenvalue weighted by Crippen LogP contribution is -2.29. The maximum Gasteiger partial charge on any atom is 0.472 e. The van der Waals surface area contributed by atoms with E-state index in [1.165, 1.54) is 38.5 Å². The van der Waals surface area contributed by atoms with Gasteiger partial charge in [-0.1, -0.05) is 162 Å². The number of hydrogen-bond acceptors (Lipinski definition) is 8. The number of hydrogen-bond donors (Lipinski definition) is 3. The number of aliphatic hydroxyl groups excluding tert-OH is 2. The van der Waals surface area contributed by atoms with E-state index in [4.69, 9.17) is 23.6 Å². The van der Waals surface area contributed by atoms with Gasteiger partial charge in [-0.3, -0.25) is 13.8 Å². The van der Waals surface area contributed by atoms with Crippen LogP contribution in [0.25, 0.3) is 0 Å². The number of aliphatic hydroxyl groups is 2. The van der Waals surface area contributed by atoms with Crippen LogP contribution in [-0.4, -0.2) is 66.3 Å². The number of unbranched alkanes of at least 4 members (excludes halogenated alkanes) is 13. The summed E-state index contributed by atoms with van der Waals surface area (Å²) in [5.74, 6) is -0.414. The highest BCUT2D eigenvalue weighted by atomic mass is 31.2. The topological polar surface area (TPSA) is 132 Å². The molecule has 0 heterocycles. The predicted molar refractivity (Wildman–Crippen MR) is 251 cm³/mol. The number of carbonyl (C=O) groups excluding carboxylic acids is 1. The Balaban J connectivity index is 4.27. The Hall–Kier alpha value is -2.62. The lowest BCUT2D eigenvalue weighted by Gasteiger charge is -2.20. The zero-order chi connectivity index (χ0) is 43.9.